The molecule has 0 spiro atoms. The number of aliphatic hydroxyl groups excluding tert-OH is 5. The maximum absolute atomic E-state index is 13.0. The van der Waals surface area contributed by atoms with Crippen molar-refractivity contribution in [3.05, 3.63) is 36.5 Å². The summed E-state index contributed by atoms with van der Waals surface area (Å²) in [7, 11) is 0. The zero-order valence-corrected chi connectivity index (χ0v) is 40.0. The van der Waals surface area contributed by atoms with E-state index >= 15 is 0 Å². The molecule has 1 aliphatic heterocycles. The third-order valence-electron chi connectivity index (χ3n) is 12.0. The number of rotatable bonds is 43. The average molecular weight is 894 g/mol. The number of allylic oxidation sites excluding steroid dienone is 5. The summed E-state index contributed by atoms with van der Waals surface area (Å²) in [5, 5.41) is 54.1. The van der Waals surface area contributed by atoms with E-state index in [0.29, 0.717) is 25.9 Å². The molecule has 11 heteroatoms. The summed E-state index contributed by atoms with van der Waals surface area (Å²) >= 11 is 0. The smallest absolute Gasteiger partial charge is 0.305 e. The fourth-order valence-electron chi connectivity index (χ4n) is 7.88. The molecule has 7 unspecified atom stereocenters. The Morgan fingerprint density at radius 3 is 1.56 bits per heavy atom. The number of hydrogen-bond acceptors (Lipinski definition) is 10. The lowest BCUT2D eigenvalue weighted by atomic mass is 9.99. The van der Waals surface area contributed by atoms with Gasteiger partial charge < -0.3 is 45.1 Å². The number of hydrogen-bond donors (Lipinski definition) is 6. The van der Waals surface area contributed by atoms with E-state index in [0.717, 1.165) is 77.0 Å². The molecular formula is C52H95NO10. The largest absolute Gasteiger partial charge is 0.466 e. The minimum atomic E-state index is -1.58. The highest BCUT2D eigenvalue weighted by Crippen LogP contribution is 2.23. The van der Waals surface area contributed by atoms with Crippen LogP contribution in [0.25, 0.3) is 0 Å². The van der Waals surface area contributed by atoms with E-state index in [4.69, 9.17) is 14.2 Å². The van der Waals surface area contributed by atoms with Crippen LogP contribution in [0.3, 0.4) is 0 Å². The first kappa shape index (κ1) is 58.9. The van der Waals surface area contributed by atoms with Gasteiger partial charge in [-0.3, -0.25) is 9.59 Å². The lowest BCUT2D eigenvalue weighted by Crippen LogP contribution is -2.60. The van der Waals surface area contributed by atoms with Crippen LogP contribution in [0.1, 0.15) is 219 Å². The van der Waals surface area contributed by atoms with E-state index < -0.39 is 49.5 Å². The number of unbranched alkanes of at least 4 members (excludes halogenated alkanes) is 25. The predicted molar refractivity (Wildman–Crippen MR) is 255 cm³/mol. The van der Waals surface area contributed by atoms with Crippen LogP contribution >= 0.6 is 0 Å². The second-order valence-corrected chi connectivity index (χ2v) is 17.8. The molecule has 0 aromatic rings. The van der Waals surface area contributed by atoms with Gasteiger partial charge in [0.15, 0.2) is 6.29 Å². The van der Waals surface area contributed by atoms with Gasteiger partial charge >= 0.3 is 5.97 Å². The zero-order chi connectivity index (χ0) is 46.0. The standard InChI is InChI=1S/C52H95NO10/c1-3-5-7-9-11-13-19-24-28-32-36-40-48(57)61-41-37-33-29-25-21-18-16-15-17-20-23-27-31-35-39-47(56)53-44(43-62-52-51(60)50(59)49(58)46(42-54)63-52)45(55)38-34-30-26-22-14-12-10-8-6-4-2/h6,8,14,22,34,38,44-46,49-52,54-55,58-60H,3-5,7,9-13,15-21,23-33,35-37,39-43H2,1-2H3,(H,53,56)/b8-6+,22-14+,38-34+. The van der Waals surface area contributed by atoms with Gasteiger partial charge in [0, 0.05) is 12.8 Å². The normalized spacial score (nSPS) is 20.3. The Kier molecular flexibility index (Phi) is 39.7. The van der Waals surface area contributed by atoms with Crippen LogP contribution in [0, 0.1) is 0 Å². The minimum absolute atomic E-state index is 0.0256. The van der Waals surface area contributed by atoms with Crippen molar-refractivity contribution in [2.24, 2.45) is 0 Å². The number of ether oxygens (including phenoxy) is 3. The van der Waals surface area contributed by atoms with Gasteiger partial charge in [-0.25, -0.2) is 0 Å². The molecule has 63 heavy (non-hydrogen) atoms. The molecule has 0 aliphatic carbocycles. The van der Waals surface area contributed by atoms with Crippen molar-refractivity contribution in [3.8, 4) is 0 Å². The van der Waals surface area contributed by atoms with Crippen LogP contribution in [-0.4, -0.2) is 100 Å². The molecule has 1 heterocycles. The van der Waals surface area contributed by atoms with Crippen LogP contribution in [0.15, 0.2) is 36.5 Å². The zero-order valence-electron chi connectivity index (χ0n) is 40.0. The fraction of sp³-hybridized carbons (Fsp3) is 0.846. The monoisotopic (exact) mass is 894 g/mol. The number of carbonyl (C=O) groups is 2. The van der Waals surface area contributed by atoms with Gasteiger partial charge in [-0.1, -0.05) is 192 Å². The van der Waals surface area contributed by atoms with Gasteiger partial charge in [0.25, 0.3) is 0 Å². The molecular weight excluding hydrogens is 799 g/mol. The van der Waals surface area contributed by atoms with Gasteiger partial charge in [0.2, 0.25) is 5.91 Å². The number of amides is 1. The Bertz CT molecular complexity index is 1150. The number of nitrogens with one attached hydrogen (secondary N) is 1. The van der Waals surface area contributed by atoms with E-state index in [2.05, 4.69) is 43.5 Å². The number of aliphatic hydroxyl groups is 5. The van der Waals surface area contributed by atoms with Crippen LogP contribution in [0.2, 0.25) is 0 Å². The van der Waals surface area contributed by atoms with Crippen LogP contribution in [0.4, 0.5) is 0 Å². The van der Waals surface area contributed by atoms with E-state index in [-0.39, 0.29) is 18.5 Å². The van der Waals surface area contributed by atoms with Gasteiger partial charge in [-0.2, -0.15) is 0 Å². The summed E-state index contributed by atoms with van der Waals surface area (Å²) < 4.78 is 16.6. The Morgan fingerprint density at radius 1 is 0.587 bits per heavy atom. The van der Waals surface area contributed by atoms with Gasteiger partial charge in [0.1, 0.15) is 24.4 Å². The predicted octanol–water partition coefficient (Wildman–Crippen LogP) is 10.4. The molecule has 368 valence electrons. The summed E-state index contributed by atoms with van der Waals surface area (Å²) in [6.07, 6.45) is 39.5. The summed E-state index contributed by atoms with van der Waals surface area (Å²) in [4.78, 5) is 25.0. The highest BCUT2D eigenvalue weighted by Gasteiger charge is 2.44. The molecule has 6 N–H and O–H groups in total. The summed E-state index contributed by atoms with van der Waals surface area (Å²) in [6.45, 7) is 4.14. The molecule has 1 aliphatic rings. The first-order valence-corrected chi connectivity index (χ1v) is 25.8. The van der Waals surface area contributed by atoms with Crippen molar-refractivity contribution < 1.29 is 49.3 Å². The van der Waals surface area contributed by atoms with Gasteiger partial charge in [-0.05, 0) is 51.4 Å². The van der Waals surface area contributed by atoms with E-state index in [1.165, 1.54) is 109 Å². The molecule has 11 nitrogen and oxygen atoms in total. The Morgan fingerprint density at radius 2 is 1.05 bits per heavy atom. The average Bonchev–Trinajstić information content (AvgIpc) is 3.28. The molecule has 7 atom stereocenters. The third-order valence-corrected chi connectivity index (χ3v) is 12.0. The highest BCUT2D eigenvalue weighted by atomic mass is 16.7. The molecule has 0 aromatic heterocycles. The van der Waals surface area contributed by atoms with Crippen LogP contribution < -0.4 is 5.32 Å². The minimum Gasteiger partial charge on any atom is -0.466 e. The van der Waals surface area contributed by atoms with Crippen molar-refractivity contribution in [1.29, 1.82) is 0 Å². The van der Waals surface area contributed by atoms with Crippen molar-refractivity contribution in [3.63, 3.8) is 0 Å². The first-order valence-electron chi connectivity index (χ1n) is 25.8. The molecule has 0 bridgehead atoms. The SMILES string of the molecule is CC/C=C/CC/C=C/CC/C=C/C(O)C(COC1OC(CO)C(O)C(O)C1O)NC(=O)CCCCCCCCCCCCCCCCOC(=O)CCCCCCCCCCCCC. The molecule has 1 rings (SSSR count). The lowest BCUT2D eigenvalue weighted by molar-refractivity contribution is -0.302. The number of carbonyl (C=O) groups excluding carboxylic acids is 2. The maximum atomic E-state index is 13.0. The number of esters is 1. The highest BCUT2D eigenvalue weighted by molar-refractivity contribution is 5.76. The Balaban J connectivity index is 2.15. The molecule has 0 radical (unpaired) electrons. The third kappa shape index (κ3) is 33.1. The molecule has 0 aromatic carbocycles. The van der Waals surface area contributed by atoms with Crippen LogP contribution in [0.5, 0.6) is 0 Å². The summed E-state index contributed by atoms with van der Waals surface area (Å²) in [5.74, 6) is -0.235. The maximum Gasteiger partial charge on any atom is 0.305 e. The second kappa shape index (κ2) is 42.5. The van der Waals surface area contributed by atoms with Crippen molar-refractivity contribution in [2.45, 2.75) is 262 Å². The van der Waals surface area contributed by atoms with Gasteiger partial charge in [-0.15, -0.1) is 0 Å². The van der Waals surface area contributed by atoms with Crippen molar-refractivity contribution in [1.82, 2.24) is 5.32 Å². The van der Waals surface area contributed by atoms with E-state index in [9.17, 15) is 35.1 Å². The Hall–Kier alpha value is -2.12. The topological polar surface area (TPSA) is 175 Å². The molecule has 0 saturated carbocycles. The van der Waals surface area contributed by atoms with E-state index in [1.54, 1.807) is 6.08 Å². The van der Waals surface area contributed by atoms with E-state index in [1.807, 2.05) is 6.08 Å². The van der Waals surface area contributed by atoms with Crippen molar-refractivity contribution >= 4 is 11.9 Å². The van der Waals surface area contributed by atoms with Crippen molar-refractivity contribution in [2.75, 3.05) is 19.8 Å². The lowest BCUT2D eigenvalue weighted by Gasteiger charge is -2.40. The molecule has 1 saturated heterocycles. The van der Waals surface area contributed by atoms with Crippen LogP contribution in [-0.2, 0) is 23.8 Å². The quantitative estimate of drug-likeness (QED) is 0.0196. The summed E-state index contributed by atoms with van der Waals surface area (Å²) in [6, 6.07) is -0.841. The molecule has 1 fully saturated rings. The fourth-order valence-corrected chi connectivity index (χ4v) is 7.88. The summed E-state index contributed by atoms with van der Waals surface area (Å²) in [5.41, 5.74) is 0. The van der Waals surface area contributed by atoms with Gasteiger partial charge in [0.05, 0.1) is 32.0 Å². The molecule has 1 amide bonds. The Labute approximate surface area is 383 Å². The first-order chi connectivity index (χ1) is 30.7. The second-order valence-electron chi connectivity index (χ2n) is 17.8.